The summed E-state index contributed by atoms with van der Waals surface area (Å²) in [7, 11) is 0. The largest absolute Gasteiger partial charge is 0.337 e. The minimum Gasteiger partial charge on any atom is -0.337 e. The summed E-state index contributed by atoms with van der Waals surface area (Å²) in [4.78, 5) is 7.42. The van der Waals surface area contributed by atoms with Gasteiger partial charge in [-0.3, -0.25) is 5.32 Å². The molecule has 17 heavy (non-hydrogen) atoms. The van der Waals surface area contributed by atoms with Crippen LogP contribution in [-0.2, 0) is 0 Å². The first-order chi connectivity index (χ1) is 8.22. The minimum atomic E-state index is 0.575. The molecule has 0 unspecified atom stereocenters. The van der Waals surface area contributed by atoms with Crippen molar-refractivity contribution in [2.75, 3.05) is 6.26 Å². The molecular weight excluding hydrogens is 272 g/mol. The third kappa shape index (κ3) is 2.85. The Morgan fingerprint density at radius 2 is 2.47 bits per heavy atom. The average molecular weight is 280 g/mol. The first kappa shape index (κ1) is 12.1. The monoisotopic (exact) mass is 280 g/mol. The summed E-state index contributed by atoms with van der Waals surface area (Å²) >= 11 is 7.98. The van der Waals surface area contributed by atoms with E-state index in [9.17, 15) is 0 Å². The highest BCUT2D eigenvalue weighted by molar-refractivity contribution is 8.13. The quantitative estimate of drug-likeness (QED) is 0.276. The molecule has 86 valence electrons. The zero-order valence-electron chi connectivity index (χ0n) is 8.85. The molecule has 1 aromatic carbocycles. The van der Waals surface area contributed by atoms with Gasteiger partial charge in [0.1, 0.15) is 0 Å². The Morgan fingerprint density at radius 3 is 3.18 bits per heavy atom. The minimum absolute atomic E-state index is 0.575. The van der Waals surface area contributed by atoms with Crippen molar-refractivity contribution in [1.29, 1.82) is 5.26 Å². The fourth-order valence-electron chi connectivity index (χ4n) is 1.29. The lowest BCUT2D eigenvalue weighted by Gasteiger charge is -1.99. The molecular formula is C10H8N4S3. The van der Waals surface area contributed by atoms with Crippen molar-refractivity contribution in [3.8, 4) is 6.19 Å². The number of hydrogen-bond donors (Lipinski definition) is 2. The molecule has 0 fully saturated rings. The fourth-order valence-corrected chi connectivity index (χ4v) is 2.79. The van der Waals surface area contributed by atoms with Gasteiger partial charge in [-0.15, -0.1) is 11.3 Å². The van der Waals surface area contributed by atoms with Crippen LogP contribution in [0.25, 0.3) is 10.2 Å². The van der Waals surface area contributed by atoms with E-state index in [0.717, 1.165) is 19.9 Å². The molecule has 4 nitrogen and oxygen atoms in total. The summed E-state index contributed by atoms with van der Waals surface area (Å²) in [6.07, 6.45) is 3.72. The zero-order chi connectivity index (χ0) is 12.3. The van der Waals surface area contributed by atoms with Gasteiger partial charge in [-0.1, -0.05) is 11.8 Å². The first-order valence-electron chi connectivity index (χ1n) is 4.63. The molecule has 0 aliphatic carbocycles. The van der Waals surface area contributed by atoms with E-state index in [1.807, 2.05) is 30.6 Å². The molecule has 0 saturated heterocycles. The number of nitrogens with zero attached hydrogens (tertiary/aromatic N) is 2. The van der Waals surface area contributed by atoms with Crippen LogP contribution in [-0.4, -0.2) is 16.4 Å². The number of nitrogens with one attached hydrogen (secondary N) is 2. The van der Waals surface area contributed by atoms with Gasteiger partial charge in [-0.05, 0) is 36.7 Å². The Labute approximate surface area is 111 Å². The van der Waals surface area contributed by atoms with Crippen molar-refractivity contribution >= 4 is 56.4 Å². The molecule has 0 spiro atoms. The highest BCUT2D eigenvalue weighted by Gasteiger charge is 2.00. The molecule has 0 atom stereocenters. The topological polar surface area (TPSA) is 64.0 Å². The Morgan fingerprint density at radius 1 is 1.65 bits per heavy atom. The lowest BCUT2D eigenvalue weighted by Crippen LogP contribution is -2.12. The van der Waals surface area contributed by atoms with Gasteiger partial charge in [0, 0.05) is 0 Å². The number of aliphatic imine (C=N–C) groups is 1. The van der Waals surface area contributed by atoms with Crippen molar-refractivity contribution in [3.05, 3.63) is 22.2 Å². The lowest BCUT2D eigenvalue weighted by molar-refractivity contribution is 1.28. The van der Waals surface area contributed by atoms with Crippen molar-refractivity contribution in [2.24, 2.45) is 4.99 Å². The Balaban J connectivity index is 2.42. The lowest BCUT2D eigenvalue weighted by atomic mass is 10.3. The second-order valence-electron chi connectivity index (χ2n) is 3.05. The number of fused-ring (bicyclic) bond motifs is 1. The van der Waals surface area contributed by atoms with Gasteiger partial charge in [0.15, 0.2) is 15.3 Å². The number of rotatable bonds is 1. The van der Waals surface area contributed by atoms with Gasteiger partial charge in [-0.25, -0.2) is 4.99 Å². The van der Waals surface area contributed by atoms with E-state index in [1.54, 1.807) is 0 Å². The molecule has 1 heterocycles. The highest BCUT2D eigenvalue weighted by Crippen LogP contribution is 2.25. The molecule has 0 saturated carbocycles. The second-order valence-corrected chi connectivity index (χ2v) is 5.57. The standard InChI is InChI=1S/C10H8N4S3/c1-16-9(12-5-11)13-6-2-3-7-8(4-6)17-10(15)14-7/h2-4H,1H3,(H,12,13)(H,14,15). The summed E-state index contributed by atoms with van der Waals surface area (Å²) in [5.41, 5.74) is 1.81. The van der Waals surface area contributed by atoms with Crippen molar-refractivity contribution in [3.63, 3.8) is 0 Å². The van der Waals surface area contributed by atoms with Gasteiger partial charge in [0.25, 0.3) is 0 Å². The normalized spacial score (nSPS) is 11.4. The molecule has 2 N–H and O–H groups in total. The smallest absolute Gasteiger partial charge is 0.183 e. The van der Waals surface area contributed by atoms with Crippen LogP contribution in [0.2, 0.25) is 0 Å². The molecule has 2 aromatic rings. The van der Waals surface area contributed by atoms with Crippen LogP contribution in [0.4, 0.5) is 5.69 Å². The van der Waals surface area contributed by atoms with Gasteiger partial charge in [0.05, 0.1) is 15.9 Å². The van der Waals surface area contributed by atoms with Crippen molar-refractivity contribution in [2.45, 2.75) is 0 Å². The average Bonchev–Trinajstić information content (AvgIpc) is 2.68. The number of thiazole rings is 1. The zero-order valence-corrected chi connectivity index (χ0v) is 11.3. The van der Waals surface area contributed by atoms with E-state index < -0.39 is 0 Å². The molecule has 0 radical (unpaired) electrons. The van der Waals surface area contributed by atoms with Crippen molar-refractivity contribution in [1.82, 2.24) is 10.3 Å². The predicted molar refractivity (Wildman–Crippen MR) is 76.4 cm³/mol. The molecule has 0 bridgehead atoms. The SMILES string of the molecule is CSC(=Nc1ccc2[nH]c(=S)sc2c1)NC#N. The van der Waals surface area contributed by atoms with Crippen LogP contribution < -0.4 is 5.32 Å². The van der Waals surface area contributed by atoms with E-state index in [1.165, 1.54) is 23.1 Å². The Kier molecular flexibility index (Phi) is 3.78. The number of aromatic nitrogens is 1. The number of aromatic amines is 1. The van der Waals surface area contributed by atoms with E-state index in [4.69, 9.17) is 17.5 Å². The number of benzene rings is 1. The summed E-state index contributed by atoms with van der Waals surface area (Å²) in [5, 5.41) is 11.7. The molecule has 1 aromatic heterocycles. The maximum atomic E-state index is 8.55. The summed E-state index contributed by atoms with van der Waals surface area (Å²) in [6, 6.07) is 5.77. The molecule has 2 rings (SSSR count). The van der Waals surface area contributed by atoms with Crippen LogP contribution in [0.15, 0.2) is 23.2 Å². The summed E-state index contributed by atoms with van der Waals surface area (Å²) in [5.74, 6) is 0. The summed E-state index contributed by atoms with van der Waals surface area (Å²) < 4.78 is 1.81. The predicted octanol–water partition coefficient (Wildman–Crippen LogP) is 3.38. The van der Waals surface area contributed by atoms with Crippen LogP contribution in [0.5, 0.6) is 0 Å². The number of thioether (sulfide) groups is 1. The fraction of sp³-hybridized carbons (Fsp3) is 0.100. The van der Waals surface area contributed by atoms with E-state index in [-0.39, 0.29) is 0 Å². The van der Waals surface area contributed by atoms with Crippen LogP contribution in [0.3, 0.4) is 0 Å². The van der Waals surface area contributed by atoms with Gasteiger partial charge in [-0.2, -0.15) is 5.26 Å². The maximum absolute atomic E-state index is 8.55. The van der Waals surface area contributed by atoms with Gasteiger partial charge < -0.3 is 4.98 Å². The van der Waals surface area contributed by atoms with Crippen LogP contribution >= 0.6 is 35.3 Å². The number of nitriles is 1. The van der Waals surface area contributed by atoms with E-state index in [2.05, 4.69) is 15.3 Å². The van der Waals surface area contributed by atoms with Crippen molar-refractivity contribution < 1.29 is 0 Å². The van der Waals surface area contributed by atoms with E-state index in [0.29, 0.717) is 5.17 Å². The number of H-pyrrole nitrogens is 1. The maximum Gasteiger partial charge on any atom is 0.183 e. The number of hydrogen-bond acceptors (Lipinski definition) is 5. The van der Waals surface area contributed by atoms with Gasteiger partial charge >= 0.3 is 0 Å². The molecule has 0 aliphatic heterocycles. The van der Waals surface area contributed by atoms with Crippen LogP contribution in [0.1, 0.15) is 0 Å². The molecule has 7 heteroatoms. The summed E-state index contributed by atoms with van der Waals surface area (Å²) in [6.45, 7) is 0. The van der Waals surface area contributed by atoms with E-state index >= 15 is 0 Å². The first-order valence-corrected chi connectivity index (χ1v) is 7.08. The molecule has 0 amide bonds. The highest BCUT2D eigenvalue weighted by atomic mass is 32.2. The number of amidine groups is 1. The third-order valence-electron chi connectivity index (χ3n) is 1.99. The molecule has 0 aliphatic rings. The van der Waals surface area contributed by atoms with Gasteiger partial charge in [0.2, 0.25) is 0 Å². The third-order valence-corrected chi connectivity index (χ3v) is 3.77. The Hall–Kier alpha value is -1.36. The second kappa shape index (κ2) is 5.31. The van der Waals surface area contributed by atoms with Crippen LogP contribution in [0, 0.1) is 15.4 Å². The Bertz CT molecular complexity index is 662.